The zero-order chi connectivity index (χ0) is 26.5. The van der Waals surface area contributed by atoms with Gasteiger partial charge in [0.15, 0.2) is 11.6 Å². The van der Waals surface area contributed by atoms with Gasteiger partial charge < -0.3 is 19.1 Å². The number of hydrogen-bond acceptors (Lipinski definition) is 6. The van der Waals surface area contributed by atoms with E-state index in [9.17, 15) is 40.3 Å². The highest BCUT2D eigenvalue weighted by atomic mass is 19.4. The summed E-state index contributed by atoms with van der Waals surface area (Å²) in [5.74, 6) is -1.44. The molecule has 1 aromatic rings. The van der Waals surface area contributed by atoms with Gasteiger partial charge in [-0.15, -0.1) is 0 Å². The van der Waals surface area contributed by atoms with E-state index in [-0.39, 0.29) is 44.4 Å². The highest BCUT2D eigenvalue weighted by molar-refractivity contribution is 5.72. The molecule has 202 valence electrons. The smallest absolute Gasteiger partial charge is 0.434 e. The summed E-state index contributed by atoms with van der Waals surface area (Å²) in [5, 5.41) is 0. The number of ether oxygens (including phenoxy) is 3. The van der Waals surface area contributed by atoms with Crippen molar-refractivity contribution in [3.8, 4) is 5.75 Å². The van der Waals surface area contributed by atoms with E-state index in [4.69, 9.17) is 9.47 Å². The summed E-state index contributed by atoms with van der Waals surface area (Å²) in [4.78, 5) is 26.4. The molecule has 0 atom stereocenters. The number of rotatable bonds is 7. The van der Waals surface area contributed by atoms with E-state index in [2.05, 4.69) is 4.74 Å². The normalized spacial score (nSPS) is 17.9. The number of para-hydroxylation sites is 1. The lowest BCUT2D eigenvalue weighted by atomic mass is 10.1. The van der Waals surface area contributed by atoms with Crippen LogP contribution >= 0.6 is 0 Å². The van der Waals surface area contributed by atoms with Crippen LogP contribution in [0.25, 0.3) is 0 Å². The van der Waals surface area contributed by atoms with Crippen molar-refractivity contribution in [1.29, 1.82) is 0 Å². The highest BCUT2D eigenvalue weighted by Gasteiger charge is 2.60. The minimum atomic E-state index is -5.80. The molecule has 2 aliphatic rings. The molecular weight excluding hydrogens is 505 g/mol. The Labute approximate surface area is 202 Å². The van der Waals surface area contributed by atoms with Crippen molar-refractivity contribution in [3.63, 3.8) is 0 Å². The minimum absolute atomic E-state index is 0.0738. The second-order valence-electron chi connectivity index (χ2n) is 8.55. The summed E-state index contributed by atoms with van der Waals surface area (Å²) in [6, 6.07) is 4.16. The van der Waals surface area contributed by atoms with E-state index in [1.165, 1.54) is 6.07 Å². The second-order valence-corrected chi connectivity index (χ2v) is 8.55. The third kappa shape index (κ3) is 7.37. The molecule has 14 heteroatoms. The van der Waals surface area contributed by atoms with Gasteiger partial charge >= 0.3 is 24.4 Å². The Bertz CT molecular complexity index is 897. The van der Waals surface area contributed by atoms with Crippen molar-refractivity contribution in [2.75, 3.05) is 33.0 Å². The molecule has 0 radical (unpaired) electrons. The number of carbonyl (C=O) groups is 2. The summed E-state index contributed by atoms with van der Waals surface area (Å²) < 4.78 is 104. The van der Waals surface area contributed by atoms with Crippen molar-refractivity contribution >= 4 is 12.1 Å². The number of esters is 1. The van der Waals surface area contributed by atoms with Gasteiger partial charge in [-0.05, 0) is 18.9 Å². The summed E-state index contributed by atoms with van der Waals surface area (Å²) in [5.41, 5.74) is 0.386. The molecule has 0 aromatic heterocycles. The van der Waals surface area contributed by atoms with Gasteiger partial charge in [-0.25, -0.2) is 9.18 Å². The number of hydrogen-bond donors (Lipinski definition) is 0. The van der Waals surface area contributed by atoms with Crippen LogP contribution in [-0.4, -0.2) is 73.3 Å². The quantitative estimate of drug-likeness (QED) is 0.291. The third-order valence-corrected chi connectivity index (χ3v) is 5.98. The first kappa shape index (κ1) is 27.8. The SMILES string of the molecule is O=C(OCOc1c(F)cccc1CN1CCN(C(=O)OC(C(F)(F)F)C(F)(F)F)CC1)C1CCCC1. The van der Waals surface area contributed by atoms with Gasteiger partial charge in [0.2, 0.25) is 6.79 Å². The number of halogens is 7. The molecule has 1 aliphatic heterocycles. The van der Waals surface area contributed by atoms with Crippen LogP contribution in [0, 0.1) is 11.7 Å². The Morgan fingerprint density at radius 2 is 1.58 bits per heavy atom. The molecule has 2 fully saturated rings. The van der Waals surface area contributed by atoms with E-state index in [1.54, 1.807) is 11.0 Å². The topological polar surface area (TPSA) is 68.3 Å². The van der Waals surface area contributed by atoms with Crippen LogP contribution < -0.4 is 4.74 Å². The van der Waals surface area contributed by atoms with Crippen LogP contribution in [0.1, 0.15) is 31.2 Å². The summed E-state index contributed by atoms with van der Waals surface area (Å²) in [6.07, 6.45) is -14.2. The Hall–Kier alpha value is -2.77. The Morgan fingerprint density at radius 3 is 2.17 bits per heavy atom. The van der Waals surface area contributed by atoms with Crippen LogP contribution in [-0.2, 0) is 20.8 Å². The maximum absolute atomic E-state index is 14.4. The summed E-state index contributed by atoms with van der Waals surface area (Å²) >= 11 is 0. The number of nitrogens with zero attached hydrogens (tertiary/aromatic N) is 2. The van der Waals surface area contributed by atoms with E-state index in [0.717, 1.165) is 36.6 Å². The Morgan fingerprint density at radius 1 is 0.972 bits per heavy atom. The maximum atomic E-state index is 14.4. The van der Waals surface area contributed by atoms with Crippen molar-refractivity contribution in [1.82, 2.24) is 9.80 Å². The van der Waals surface area contributed by atoms with Gasteiger partial charge in [0.25, 0.3) is 6.10 Å². The van der Waals surface area contributed by atoms with E-state index >= 15 is 0 Å². The molecule has 1 saturated heterocycles. The molecular formula is C22H25F7N2O5. The zero-order valence-corrected chi connectivity index (χ0v) is 19.0. The average Bonchev–Trinajstić information content (AvgIpc) is 3.33. The molecule has 1 saturated carbocycles. The fourth-order valence-corrected chi connectivity index (χ4v) is 4.09. The fraction of sp³-hybridized carbons (Fsp3) is 0.636. The number of benzene rings is 1. The Balaban J connectivity index is 1.52. The number of piperazine rings is 1. The first-order valence-corrected chi connectivity index (χ1v) is 11.2. The van der Waals surface area contributed by atoms with Crippen LogP contribution in [0.5, 0.6) is 5.75 Å². The first-order valence-electron chi connectivity index (χ1n) is 11.2. The largest absolute Gasteiger partial charge is 0.454 e. The molecule has 36 heavy (non-hydrogen) atoms. The number of amides is 1. The monoisotopic (exact) mass is 530 g/mol. The molecule has 1 aromatic carbocycles. The summed E-state index contributed by atoms with van der Waals surface area (Å²) in [7, 11) is 0. The van der Waals surface area contributed by atoms with Gasteiger partial charge in [0, 0.05) is 38.3 Å². The van der Waals surface area contributed by atoms with Crippen LogP contribution in [0.3, 0.4) is 0 Å². The minimum Gasteiger partial charge on any atom is -0.454 e. The average molecular weight is 530 g/mol. The molecule has 1 amide bonds. The van der Waals surface area contributed by atoms with Gasteiger partial charge in [-0.2, -0.15) is 26.3 Å². The highest BCUT2D eigenvalue weighted by Crippen LogP contribution is 2.36. The molecule has 0 unspecified atom stereocenters. The lowest BCUT2D eigenvalue weighted by molar-refractivity contribution is -0.308. The second kappa shape index (κ2) is 11.5. The molecule has 0 spiro atoms. The fourth-order valence-electron chi connectivity index (χ4n) is 4.09. The molecule has 0 N–H and O–H groups in total. The van der Waals surface area contributed by atoms with Gasteiger partial charge in [0.05, 0.1) is 5.92 Å². The summed E-state index contributed by atoms with van der Waals surface area (Å²) in [6.45, 7) is -0.630. The van der Waals surface area contributed by atoms with Crippen molar-refractivity contribution < 1.29 is 54.5 Å². The predicted molar refractivity (Wildman–Crippen MR) is 109 cm³/mol. The van der Waals surface area contributed by atoms with E-state index in [0.29, 0.717) is 5.56 Å². The van der Waals surface area contributed by atoms with E-state index in [1.807, 2.05) is 0 Å². The standard InChI is InChI=1S/C22H25F7N2O5/c23-16-7-3-6-15(17(16)34-13-35-18(32)14-4-1-2-5-14)12-30-8-10-31(11-9-30)20(33)36-19(21(24,25)26)22(27,28)29/h3,6-7,14,19H,1-2,4-5,8-13H2. The number of alkyl halides is 6. The molecule has 7 nitrogen and oxygen atoms in total. The first-order chi connectivity index (χ1) is 16.9. The molecule has 3 rings (SSSR count). The maximum Gasteiger partial charge on any atom is 0.434 e. The lowest BCUT2D eigenvalue weighted by Crippen LogP contribution is -2.52. The van der Waals surface area contributed by atoms with Crippen LogP contribution in [0.4, 0.5) is 35.5 Å². The van der Waals surface area contributed by atoms with Crippen molar-refractivity contribution in [2.24, 2.45) is 5.92 Å². The number of carbonyl (C=O) groups excluding carboxylic acids is 2. The van der Waals surface area contributed by atoms with Crippen molar-refractivity contribution in [3.05, 3.63) is 29.6 Å². The van der Waals surface area contributed by atoms with Gasteiger partial charge in [-0.3, -0.25) is 9.69 Å². The third-order valence-electron chi connectivity index (χ3n) is 5.98. The predicted octanol–water partition coefficient (Wildman–Crippen LogP) is 4.64. The van der Waals surface area contributed by atoms with Gasteiger partial charge in [0.1, 0.15) is 0 Å². The van der Waals surface area contributed by atoms with Crippen molar-refractivity contribution in [2.45, 2.75) is 50.7 Å². The molecule has 1 heterocycles. The van der Waals surface area contributed by atoms with Crippen LogP contribution in [0.15, 0.2) is 18.2 Å². The Kier molecular flexibility index (Phi) is 8.90. The van der Waals surface area contributed by atoms with Gasteiger partial charge in [-0.1, -0.05) is 25.0 Å². The molecule has 0 bridgehead atoms. The lowest BCUT2D eigenvalue weighted by Gasteiger charge is -2.35. The van der Waals surface area contributed by atoms with E-state index < -0.39 is 43.1 Å². The van der Waals surface area contributed by atoms with Crippen LogP contribution in [0.2, 0.25) is 0 Å². The molecule has 1 aliphatic carbocycles. The zero-order valence-electron chi connectivity index (χ0n) is 19.0.